The van der Waals surface area contributed by atoms with Gasteiger partial charge in [-0.3, -0.25) is 4.79 Å². The molecule has 1 amide bonds. The summed E-state index contributed by atoms with van der Waals surface area (Å²) in [5, 5.41) is 0. The summed E-state index contributed by atoms with van der Waals surface area (Å²) in [5.41, 5.74) is 0.612. The van der Waals surface area contributed by atoms with E-state index in [-0.39, 0.29) is 16.7 Å². The Morgan fingerprint density at radius 1 is 1.13 bits per heavy atom. The lowest BCUT2D eigenvalue weighted by molar-refractivity contribution is -0.132. The monoisotopic (exact) mass is 446 g/mol. The first kappa shape index (κ1) is 21.7. The largest absolute Gasteiger partial charge is 0.343 e. The number of aromatic nitrogens is 4. The maximum Gasteiger partial charge on any atom is 0.225 e. The summed E-state index contributed by atoms with van der Waals surface area (Å²) in [4.78, 5) is 30.1. The molecular weight excluding hydrogens is 416 g/mol. The molecule has 168 valence electrons. The normalized spacial score (nSPS) is 18.0. The first-order chi connectivity index (χ1) is 14.8. The number of nitrogens with zero attached hydrogens (tertiary/aromatic N) is 6. The van der Waals surface area contributed by atoms with Crippen LogP contribution < -0.4 is 4.90 Å². The molecule has 0 radical (unpaired) electrons. The number of rotatable bonds is 6. The number of anilines is 1. The second-order valence-electron chi connectivity index (χ2n) is 8.46. The third-order valence-corrected chi connectivity index (χ3v) is 7.40. The number of imidazole rings is 1. The molecule has 0 aromatic carbocycles. The second kappa shape index (κ2) is 8.94. The average molecular weight is 447 g/mol. The topological polar surface area (TPSA) is 101 Å². The van der Waals surface area contributed by atoms with Gasteiger partial charge in [-0.15, -0.1) is 0 Å². The second-order valence-corrected chi connectivity index (χ2v) is 10.4. The summed E-state index contributed by atoms with van der Waals surface area (Å²) in [7, 11) is -3.42. The zero-order valence-corrected chi connectivity index (χ0v) is 19.0. The number of likely N-dealkylation sites (tertiary alicyclic amines) is 1. The van der Waals surface area contributed by atoms with Gasteiger partial charge in [0.2, 0.25) is 11.9 Å². The van der Waals surface area contributed by atoms with Gasteiger partial charge in [0.25, 0.3) is 0 Å². The van der Waals surface area contributed by atoms with Gasteiger partial charge < -0.3 is 14.4 Å². The van der Waals surface area contributed by atoms with Crippen LogP contribution in [0.4, 0.5) is 5.95 Å². The zero-order chi connectivity index (χ0) is 22.0. The minimum atomic E-state index is -3.42. The minimum Gasteiger partial charge on any atom is -0.343 e. The SMILES string of the molecule is Cc1nccn1CCC(=O)N1CCC(c2nc(N3CCCC3)ncc2S(C)(=O)=O)CC1. The lowest BCUT2D eigenvalue weighted by Gasteiger charge is -2.32. The molecule has 0 aliphatic carbocycles. The number of hydrogen-bond donors (Lipinski definition) is 0. The fraction of sp³-hybridized carbons (Fsp3) is 0.619. The highest BCUT2D eigenvalue weighted by Gasteiger charge is 2.30. The third-order valence-electron chi connectivity index (χ3n) is 6.28. The Morgan fingerprint density at radius 3 is 2.45 bits per heavy atom. The molecule has 2 aromatic rings. The van der Waals surface area contributed by atoms with Gasteiger partial charge in [0.15, 0.2) is 9.84 Å². The molecule has 0 N–H and O–H groups in total. The summed E-state index contributed by atoms with van der Waals surface area (Å²) < 4.78 is 26.7. The van der Waals surface area contributed by atoms with Crippen LogP contribution in [0.2, 0.25) is 0 Å². The van der Waals surface area contributed by atoms with Crippen molar-refractivity contribution in [3.8, 4) is 0 Å². The molecule has 0 bridgehead atoms. The van der Waals surface area contributed by atoms with Gasteiger partial charge in [-0.05, 0) is 32.6 Å². The highest BCUT2D eigenvalue weighted by Crippen LogP contribution is 2.32. The molecule has 4 heterocycles. The Kier molecular flexibility index (Phi) is 6.27. The molecule has 2 aromatic heterocycles. The molecule has 0 saturated carbocycles. The number of carbonyl (C=O) groups is 1. The van der Waals surface area contributed by atoms with Gasteiger partial charge >= 0.3 is 0 Å². The summed E-state index contributed by atoms with van der Waals surface area (Å²) in [6, 6.07) is 0. The van der Waals surface area contributed by atoms with E-state index in [1.807, 2.05) is 22.6 Å². The smallest absolute Gasteiger partial charge is 0.225 e. The lowest BCUT2D eigenvalue weighted by Crippen LogP contribution is -2.38. The predicted octanol–water partition coefficient (Wildman–Crippen LogP) is 1.78. The van der Waals surface area contributed by atoms with E-state index in [0.717, 1.165) is 31.8 Å². The van der Waals surface area contributed by atoms with Gasteiger partial charge in [0, 0.05) is 63.7 Å². The average Bonchev–Trinajstić information content (AvgIpc) is 3.43. The van der Waals surface area contributed by atoms with Crippen LogP contribution in [0.5, 0.6) is 0 Å². The molecule has 2 saturated heterocycles. The zero-order valence-electron chi connectivity index (χ0n) is 18.2. The van der Waals surface area contributed by atoms with Gasteiger partial charge in [-0.1, -0.05) is 0 Å². The van der Waals surface area contributed by atoms with E-state index in [4.69, 9.17) is 4.98 Å². The summed E-state index contributed by atoms with van der Waals surface area (Å²) in [6.45, 7) is 5.57. The quantitative estimate of drug-likeness (QED) is 0.667. The van der Waals surface area contributed by atoms with Crippen molar-refractivity contribution in [3.63, 3.8) is 0 Å². The van der Waals surface area contributed by atoms with E-state index in [2.05, 4.69) is 14.9 Å². The molecule has 31 heavy (non-hydrogen) atoms. The van der Waals surface area contributed by atoms with Gasteiger partial charge in [-0.2, -0.15) is 0 Å². The standard InChI is InChI=1S/C21H30N6O3S/c1-16-22-8-14-25(16)13-7-19(28)26-11-5-17(6-12-26)20-18(31(2,29)30)15-23-21(24-20)27-9-3-4-10-27/h8,14-15,17H,3-7,9-13H2,1-2H3. The molecule has 9 nitrogen and oxygen atoms in total. The van der Waals surface area contributed by atoms with E-state index in [1.165, 1.54) is 12.5 Å². The van der Waals surface area contributed by atoms with Crippen molar-refractivity contribution in [1.29, 1.82) is 0 Å². The van der Waals surface area contributed by atoms with Gasteiger partial charge in [0.1, 0.15) is 10.7 Å². The number of piperidine rings is 1. The molecule has 0 spiro atoms. The van der Waals surface area contributed by atoms with Crippen molar-refractivity contribution in [1.82, 2.24) is 24.4 Å². The highest BCUT2D eigenvalue weighted by atomic mass is 32.2. The Hall–Kier alpha value is -2.49. The maximum absolute atomic E-state index is 12.7. The first-order valence-electron chi connectivity index (χ1n) is 10.9. The summed E-state index contributed by atoms with van der Waals surface area (Å²) in [5.74, 6) is 1.65. The first-order valence-corrected chi connectivity index (χ1v) is 12.8. The number of sulfone groups is 1. The van der Waals surface area contributed by atoms with E-state index >= 15 is 0 Å². The van der Waals surface area contributed by atoms with Crippen molar-refractivity contribution in [3.05, 3.63) is 30.1 Å². The number of hydrogen-bond acceptors (Lipinski definition) is 7. The number of carbonyl (C=O) groups excluding carboxylic acids is 1. The Labute approximate surface area is 183 Å². The molecule has 10 heteroatoms. The van der Waals surface area contributed by atoms with Crippen LogP contribution in [0.1, 0.15) is 49.5 Å². The van der Waals surface area contributed by atoms with Crippen LogP contribution in [0.15, 0.2) is 23.5 Å². The Morgan fingerprint density at radius 2 is 1.84 bits per heavy atom. The van der Waals surface area contributed by atoms with Crippen LogP contribution in [0, 0.1) is 6.92 Å². The van der Waals surface area contributed by atoms with Gasteiger partial charge in [0.05, 0.1) is 11.9 Å². The molecule has 0 unspecified atom stereocenters. The van der Waals surface area contributed by atoms with Crippen molar-refractivity contribution >= 4 is 21.7 Å². The predicted molar refractivity (Wildman–Crippen MR) is 117 cm³/mol. The number of aryl methyl sites for hydroxylation is 2. The van der Waals surface area contributed by atoms with Crippen molar-refractivity contribution in [2.75, 3.05) is 37.3 Å². The van der Waals surface area contributed by atoms with E-state index in [1.54, 1.807) is 6.20 Å². The van der Waals surface area contributed by atoms with Crippen LogP contribution in [0.25, 0.3) is 0 Å². The third kappa shape index (κ3) is 4.89. The van der Waals surface area contributed by atoms with E-state index in [0.29, 0.717) is 50.5 Å². The maximum atomic E-state index is 12.7. The van der Waals surface area contributed by atoms with Crippen LogP contribution in [-0.4, -0.2) is 71.2 Å². The van der Waals surface area contributed by atoms with Crippen LogP contribution in [0.3, 0.4) is 0 Å². The van der Waals surface area contributed by atoms with Crippen molar-refractivity contribution in [2.45, 2.75) is 56.4 Å². The van der Waals surface area contributed by atoms with Crippen LogP contribution >= 0.6 is 0 Å². The lowest BCUT2D eigenvalue weighted by atomic mass is 9.93. The van der Waals surface area contributed by atoms with E-state index < -0.39 is 9.84 Å². The fourth-order valence-electron chi connectivity index (χ4n) is 4.44. The van der Waals surface area contributed by atoms with Crippen molar-refractivity contribution in [2.24, 2.45) is 0 Å². The molecular formula is C21H30N6O3S. The highest BCUT2D eigenvalue weighted by molar-refractivity contribution is 7.90. The Balaban J connectivity index is 1.44. The number of amides is 1. The van der Waals surface area contributed by atoms with Gasteiger partial charge in [-0.25, -0.2) is 23.4 Å². The minimum absolute atomic E-state index is 0.00835. The van der Waals surface area contributed by atoms with Crippen LogP contribution in [-0.2, 0) is 21.2 Å². The molecule has 2 aliphatic rings. The molecule has 0 atom stereocenters. The van der Waals surface area contributed by atoms with Crippen molar-refractivity contribution < 1.29 is 13.2 Å². The molecule has 2 fully saturated rings. The van der Waals surface area contributed by atoms with E-state index in [9.17, 15) is 13.2 Å². The summed E-state index contributed by atoms with van der Waals surface area (Å²) in [6.07, 6.45) is 10.3. The molecule has 2 aliphatic heterocycles. The summed E-state index contributed by atoms with van der Waals surface area (Å²) >= 11 is 0. The molecule has 4 rings (SSSR count). The fourth-order valence-corrected chi connectivity index (χ4v) is 5.27. The Bertz CT molecular complexity index is 1040.